The van der Waals surface area contributed by atoms with Crippen LogP contribution < -0.4 is 11.0 Å². The third-order valence-corrected chi connectivity index (χ3v) is 5.09. The lowest BCUT2D eigenvalue weighted by atomic mass is 9.85. The molecule has 0 aliphatic carbocycles. The smallest absolute Gasteiger partial charge is 0.355 e. The van der Waals surface area contributed by atoms with E-state index in [-0.39, 0.29) is 11.6 Å². The van der Waals surface area contributed by atoms with Gasteiger partial charge in [-0.3, -0.25) is 0 Å². The average Bonchev–Trinajstić information content (AvgIpc) is 2.74. The molecule has 0 saturated heterocycles. The molecular formula is C22H20N4OS. The molecule has 1 atom stereocenters. The molecular weight excluding hydrogens is 368 g/mol. The van der Waals surface area contributed by atoms with E-state index in [2.05, 4.69) is 22.4 Å². The SMILES string of the molecule is CCNc1nc(=O)n(-c2ccccc2)c2c1C(c1ccccc1)CC(C=S)=N2. The zero-order valence-corrected chi connectivity index (χ0v) is 16.3. The Bertz CT molecular complexity index is 1090. The van der Waals surface area contributed by atoms with Gasteiger partial charge >= 0.3 is 5.69 Å². The Morgan fingerprint density at radius 2 is 1.82 bits per heavy atom. The molecule has 0 radical (unpaired) electrons. The van der Waals surface area contributed by atoms with Crippen molar-refractivity contribution in [3.8, 4) is 5.69 Å². The highest BCUT2D eigenvalue weighted by molar-refractivity contribution is 7.80. The van der Waals surface area contributed by atoms with Gasteiger partial charge in [-0.2, -0.15) is 4.98 Å². The molecule has 2 heterocycles. The van der Waals surface area contributed by atoms with Crippen LogP contribution in [0.1, 0.15) is 30.4 Å². The lowest BCUT2D eigenvalue weighted by Gasteiger charge is -2.28. The fourth-order valence-corrected chi connectivity index (χ4v) is 3.75. The Kier molecular flexibility index (Phi) is 5.12. The van der Waals surface area contributed by atoms with Crippen LogP contribution in [0.4, 0.5) is 11.6 Å². The van der Waals surface area contributed by atoms with Crippen LogP contribution in [0.15, 0.2) is 70.5 Å². The summed E-state index contributed by atoms with van der Waals surface area (Å²) in [5.41, 5.74) is 3.24. The number of nitrogens with zero attached hydrogens (tertiary/aromatic N) is 3. The molecule has 28 heavy (non-hydrogen) atoms. The maximum Gasteiger partial charge on any atom is 0.355 e. The molecule has 3 aromatic rings. The highest BCUT2D eigenvalue weighted by atomic mass is 32.1. The van der Waals surface area contributed by atoms with E-state index < -0.39 is 0 Å². The number of fused-ring (bicyclic) bond motifs is 1. The summed E-state index contributed by atoms with van der Waals surface area (Å²) in [4.78, 5) is 22.1. The van der Waals surface area contributed by atoms with Crippen molar-refractivity contribution in [3.05, 3.63) is 82.3 Å². The molecule has 4 rings (SSSR count). The first-order valence-corrected chi connectivity index (χ1v) is 9.74. The van der Waals surface area contributed by atoms with Crippen LogP contribution in [0.2, 0.25) is 0 Å². The monoisotopic (exact) mass is 388 g/mol. The van der Waals surface area contributed by atoms with Crippen molar-refractivity contribution in [2.45, 2.75) is 19.3 Å². The molecule has 0 saturated carbocycles. The Labute approximate surface area is 168 Å². The number of nitrogens with one attached hydrogen (secondary N) is 1. The predicted octanol–water partition coefficient (Wildman–Crippen LogP) is 4.27. The van der Waals surface area contributed by atoms with Crippen LogP contribution in [-0.2, 0) is 0 Å². The first-order valence-electron chi connectivity index (χ1n) is 9.26. The average molecular weight is 388 g/mol. The molecule has 0 spiro atoms. The van der Waals surface area contributed by atoms with E-state index in [1.54, 1.807) is 9.93 Å². The molecule has 0 amide bonds. The molecule has 2 aromatic carbocycles. The Morgan fingerprint density at radius 3 is 2.46 bits per heavy atom. The number of hydrogen-bond donors (Lipinski definition) is 1. The second-order valence-corrected chi connectivity index (χ2v) is 6.81. The number of aliphatic imine (C=N–C) groups is 1. The van der Waals surface area contributed by atoms with E-state index in [0.717, 1.165) is 22.5 Å². The normalized spacial score (nSPS) is 15.5. The summed E-state index contributed by atoms with van der Waals surface area (Å²) in [6, 6.07) is 19.7. The van der Waals surface area contributed by atoms with E-state index in [4.69, 9.17) is 17.2 Å². The molecule has 6 heteroatoms. The van der Waals surface area contributed by atoms with Crippen molar-refractivity contribution >= 4 is 34.9 Å². The molecule has 140 valence electrons. The van der Waals surface area contributed by atoms with Gasteiger partial charge in [0.2, 0.25) is 0 Å². The summed E-state index contributed by atoms with van der Waals surface area (Å²) >= 11 is 5.21. The van der Waals surface area contributed by atoms with Gasteiger partial charge < -0.3 is 5.32 Å². The second-order valence-electron chi connectivity index (χ2n) is 6.57. The fourth-order valence-electron chi connectivity index (χ4n) is 3.60. The summed E-state index contributed by atoms with van der Waals surface area (Å²) < 4.78 is 1.57. The maximum absolute atomic E-state index is 12.9. The number of aromatic nitrogens is 2. The van der Waals surface area contributed by atoms with E-state index in [9.17, 15) is 4.79 Å². The first-order chi connectivity index (χ1) is 13.7. The lowest BCUT2D eigenvalue weighted by Crippen LogP contribution is -2.28. The summed E-state index contributed by atoms with van der Waals surface area (Å²) in [5.74, 6) is 1.20. The van der Waals surface area contributed by atoms with Crippen molar-refractivity contribution in [1.82, 2.24) is 9.55 Å². The molecule has 0 bridgehead atoms. The molecule has 1 aliphatic heterocycles. The number of rotatable bonds is 5. The van der Waals surface area contributed by atoms with E-state index in [1.165, 1.54) is 0 Å². The Hall–Kier alpha value is -3.12. The minimum absolute atomic E-state index is 0.0139. The van der Waals surface area contributed by atoms with Crippen LogP contribution in [0, 0.1) is 0 Å². The van der Waals surface area contributed by atoms with Gasteiger partial charge in [0, 0.05) is 29.8 Å². The van der Waals surface area contributed by atoms with Gasteiger partial charge in [-0.15, -0.1) is 0 Å². The van der Waals surface area contributed by atoms with Crippen LogP contribution in [0.5, 0.6) is 0 Å². The quantitative estimate of drug-likeness (QED) is 0.663. The van der Waals surface area contributed by atoms with Crippen LogP contribution in [-0.4, -0.2) is 27.2 Å². The molecule has 1 aromatic heterocycles. The van der Waals surface area contributed by atoms with Gasteiger partial charge in [-0.1, -0.05) is 60.7 Å². The van der Waals surface area contributed by atoms with Crippen molar-refractivity contribution in [1.29, 1.82) is 0 Å². The zero-order chi connectivity index (χ0) is 19.5. The molecule has 5 nitrogen and oxygen atoms in total. The highest BCUT2D eigenvalue weighted by Crippen LogP contribution is 2.42. The van der Waals surface area contributed by atoms with Crippen LogP contribution in [0.25, 0.3) is 5.69 Å². The van der Waals surface area contributed by atoms with Gasteiger partial charge in [0.05, 0.1) is 11.4 Å². The zero-order valence-electron chi connectivity index (χ0n) is 15.5. The lowest BCUT2D eigenvalue weighted by molar-refractivity contribution is 0.789. The molecule has 0 fully saturated rings. The topological polar surface area (TPSA) is 59.3 Å². The number of hydrogen-bond acceptors (Lipinski definition) is 5. The minimum atomic E-state index is -0.359. The molecule has 1 unspecified atom stereocenters. The summed E-state index contributed by atoms with van der Waals surface area (Å²) in [5, 5.41) is 4.86. The van der Waals surface area contributed by atoms with Gasteiger partial charge in [-0.05, 0) is 24.6 Å². The minimum Gasteiger partial charge on any atom is -0.370 e. The Balaban J connectivity index is 2.05. The van der Waals surface area contributed by atoms with E-state index in [1.807, 2.05) is 55.5 Å². The number of thiocarbonyl (C=S) groups is 1. The van der Waals surface area contributed by atoms with E-state index in [0.29, 0.717) is 24.6 Å². The molecule has 1 N–H and O–H groups in total. The van der Waals surface area contributed by atoms with Gasteiger partial charge in [0.15, 0.2) is 0 Å². The predicted molar refractivity (Wildman–Crippen MR) is 118 cm³/mol. The maximum atomic E-state index is 12.9. The van der Waals surface area contributed by atoms with Crippen molar-refractivity contribution in [2.75, 3.05) is 11.9 Å². The molecule has 1 aliphatic rings. The van der Waals surface area contributed by atoms with Crippen molar-refractivity contribution in [3.63, 3.8) is 0 Å². The van der Waals surface area contributed by atoms with Gasteiger partial charge in [0.1, 0.15) is 11.6 Å². The third-order valence-electron chi connectivity index (χ3n) is 4.81. The van der Waals surface area contributed by atoms with Crippen molar-refractivity contribution in [2.24, 2.45) is 4.99 Å². The standard InChI is InChI=1S/C22H20N4OS/c1-2-23-20-19-18(15-9-5-3-6-10-15)13-16(14-28)24-21(19)26(22(27)25-20)17-11-7-4-8-12-17/h3-12,14,18H,2,13H2,1H3,(H,23,25,27). The van der Waals surface area contributed by atoms with Crippen LogP contribution >= 0.6 is 12.2 Å². The van der Waals surface area contributed by atoms with Gasteiger partial charge in [0.25, 0.3) is 0 Å². The van der Waals surface area contributed by atoms with Gasteiger partial charge in [-0.25, -0.2) is 14.4 Å². The summed E-state index contributed by atoms with van der Waals surface area (Å²) in [6.07, 6.45) is 0.674. The van der Waals surface area contributed by atoms with Crippen LogP contribution in [0.3, 0.4) is 0 Å². The summed E-state index contributed by atoms with van der Waals surface area (Å²) in [7, 11) is 0. The third kappa shape index (κ3) is 3.27. The summed E-state index contributed by atoms with van der Waals surface area (Å²) in [6.45, 7) is 2.66. The number of anilines is 1. The second kappa shape index (κ2) is 7.86. The largest absolute Gasteiger partial charge is 0.370 e. The highest BCUT2D eigenvalue weighted by Gasteiger charge is 2.30. The number of para-hydroxylation sites is 1. The Morgan fingerprint density at radius 1 is 1.14 bits per heavy atom. The first kappa shape index (κ1) is 18.3. The fraction of sp³-hybridized carbons (Fsp3) is 0.182. The van der Waals surface area contributed by atoms with Crippen molar-refractivity contribution < 1.29 is 0 Å². The number of benzene rings is 2. The van der Waals surface area contributed by atoms with E-state index >= 15 is 0 Å².